The van der Waals surface area contributed by atoms with Crippen LogP contribution < -0.4 is 10.1 Å². The van der Waals surface area contributed by atoms with E-state index >= 15 is 0 Å². The molecule has 1 atom stereocenters. The van der Waals surface area contributed by atoms with Gasteiger partial charge in [0.05, 0.1) is 18.7 Å². The Hall–Kier alpha value is -2.66. The number of methoxy groups -OCH3 is 1. The third kappa shape index (κ3) is 3.63. The zero-order valence-electron chi connectivity index (χ0n) is 13.5. The molecule has 0 fully saturated rings. The lowest BCUT2D eigenvalue weighted by molar-refractivity contribution is 0.0943. The van der Waals surface area contributed by atoms with Crippen molar-refractivity contribution in [2.75, 3.05) is 7.11 Å². The lowest BCUT2D eigenvalue weighted by atomic mass is 10.0. The van der Waals surface area contributed by atoms with Crippen LogP contribution in [0.2, 0.25) is 0 Å². The molecular weight excluding hydrogens is 320 g/mol. The number of nitrogens with one attached hydrogen (secondary N) is 1. The van der Waals surface area contributed by atoms with Crippen LogP contribution in [0.5, 0.6) is 5.88 Å². The Morgan fingerprint density at radius 1 is 1.17 bits per heavy atom. The number of aromatic nitrogens is 1. The number of pyridine rings is 1. The number of thiophene rings is 1. The first-order valence-corrected chi connectivity index (χ1v) is 8.46. The largest absolute Gasteiger partial charge is 0.481 e. The van der Waals surface area contributed by atoms with E-state index in [0.717, 1.165) is 10.4 Å². The van der Waals surface area contributed by atoms with Gasteiger partial charge in [-0.25, -0.2) is 4.98 Å². The molecule has 122 valence electrons. The Labute approximate surface area is 145 Å². The molecule has 0 bridgehead atoms. The molecule has 0 spiro atoms. The molecule has 1 N–H and O–H groups in total. The molecule has 5 heteroatoms. The highest BCUT2D eigenvalue weighted by Crippen LogP contribution is 2.26. The van der Waals surface area contributed by atoms with Gasteiger partial charge in [0.25, 0.3) is 5.91 Å². The lowest BCUT2D eigenvalue weighted by Gasteiger charge is -2.18. The fraction of sp³-hybridized carbons (Fsp3) is 0.158. The van der Waals surface area contributed by atoms with E-state index in [0.29, 0.717) is 11.4 Å². The van der Waals surface area contributed by atoms with Crippen molar-refractivity contribution in [1.29, 1.82) is 0 Å². The second-order valence-corrected chi connectivity index (χ2v) is 6.40. The zero-order chi connectivity index (χ0) is 16.9. The van der Waals surface area contributed by atoms with E-state index in [2.05, 4.69) is 22.4 Å². The SMILES string of the molecule is COc1ccc(C(=O)N[C@@H](c2ccc(C)cc2)c2cccs2)cn1. The molecule has 2 heterocycles. The summed E-state index contributed by atoms with van der Waals surface area (Å²) in [6, 6.07) is 15.4. The first-order chi connectivity index (χ1) is 11.7. The second kappa shape index (κ2) is 7.27. The summed E-state index contributed by atoms with van der Waals surface area (Å²) in [6.07, 6.45) is 1.52. The van der Waals surface area contributed by atoms with Crippen LogP contribution in [-0.4, -0.2) is 18.0 Å². The average Bonchev–Trinajstić information content (AvgIpc) is 3.15. The van der Waals surface area contributed by atoms with E-state index in [9.17, 15) is 4.79 Å². The van der Waals surface area contributed by atoms with Gasteiger partial charge in [0.1, 0.15) is 0 Å². The highest BCUT2D eigenvalue weighted by atomic mass is 32.1. The monoisotopic (exact) mass is 338 g/mol. The van der Waals surface area contributed by atoms with Crippen molar-refractivity contribution in [1.82, 2.24) is 10.3 Å². The van der Waals surface area contributed by atoms with Crippen molar-refractivity contribution in [3.8, 4) is 5.88 Å². The van der Waals surface area contributed by atoms with Crippen LogP contribution in [0.3, 0.4) is 0 Å². The van der Waals surface area contributed by atoms with Gasteiger partial charge >= 0.3 is 0 Å². The maximum atomic E-state index is 12.6. The van der Waals surface area contributed by atoms with Gasteiger partial charge in [0, 0.05) is 17.1 Å². The molecule has 0 saturated carbocycles. The molecule has 0 unspecified atom stereocenters. The summed E-state index contributed by atoms with van der Waals surface area (Å²) < 4.78 is 5.03. The van der Waals surface area contributed by atoms with E-state index in [4.69, 9.17) is 4.74 Å². The van der Waals surface area contributed by atoms with Crippen LogP contribution in [0.4, 0.5) is 0 Å². The number of carbonyl (C=O) groups is 1. The summed E-state index contributed by atoms with van der Waals surface area (Å²) in [5.41, 5.74) is 2.75. The number of benzene rings is 1. The number of hydrogen-bond donors (Lipinski definition) is 1. The molecule has 0 aliphatic carbocycles. The standard InChI is InChI=1S/C19H18N2O2S/c1-13-5-7-14(8-6-13)18(16-4-3-11-24-16)21-19(22)15-9-10-17(23-2)20-12-15/h3-12,18H,1-2H3,(H,21,22)/t18-/m0/s1. The Kier molecular flexibility index (Phi) is 4.91. The maximum absolute atomic E-state index is 12.6. The van der Waals surface area contributed by atoms with Gasteiger partial charge in [-0.1, -0.05) is 35.9 Å². The zero-order valence-corrected chi connectivity index (χ0v) is 14.3. The predicted octanol–water partition coefficient (Wildman–Crippen LogP) is 3.98. The van der Waals surface area contributed by atoms with Gasteiger partial charge in [0.2, 0.25) is 5.88 Å². The summed E-state index contributed by atoms with van der Waals surface area (Å²) in [6.45, 7) is 2.05. The molecule has 0 saturated heterocycles. The van der Waals surface area contributed by atoms with Crippen LogP contribution in [0.25, 0.3) is 0 Å². The summed E-state index contributed by atoms with van der Waals surface area (Å²) >= 11 is 1.62. The van der Waals surface area contributed by atoms with Gasteiger partial charge in [-0.05, 0) is 30.0 Å². The highest BCUT2D eigenvalue weighted by Gasteiger charge is 2.19. The Morgan fingerprint density at radius 3 is 2.54 bits per heavy atom. The third-order valence-corrected chi connectivity index (χ3v) is 4.66. The highest BCUT2D eigenvalue weighted by molar-refractivity contribution is 7.10. The van der Waals surface area contributed by atoms with Crippen molar-refractivity contribution in [2.24, 2.45) is 0 Å². The van der Waals surface area contributed by atoms with E-state index in [1.807, 2.05) is 36.6 Å². The van der Waals surface area contributed by atoms with E-state index in [-0.39, 0.29) is 11.9 Å². The fourth-order valence-electron chi connectivity index (χ4n) is 2.38. The number of hydrogen-bond acceptors (Lipinski definition) is 4. The minimum absolute atomic E-state index is 0.163. The summed E-state index contributed by atoms with van der Waals surface area (Å²) in [5.74, 6) is 0.323. The topological polar surface area (TPSA) is 51.2 Å². The van der Waals surface area contributed by atoms with Crippen LogP contribution in [0.15, 0.2) is 60.1 Å². The van der Waals surface area contributed by atoms with E-state index in [1.165, 1.54) is 11.8 Å². The van der Waals surface area contributed by atoms with Gasteiger partial charge in [-0.2, -0.15) is 0 Å². The minimum Gasteiger partial charge on any atom is -0.481 e. The van der Waals surface area contributed by atoms with Gasteiger partial charge in [0.15, 0.2) is 0 Å². The molecule has 3 rings (SSSR count). The van der Waals surface area contributed by atoms with Gasteiger partial charge in [-0.3, -0.25) is 4.79 Å². The second-order valence-electron chi connectivity index (χ2n) is 5.42. The molecule has 1 aromatic carbocycles. The Bertz CT molecular complexity index is 796. The average molecular weight is 338 g/mol. The molecule has 0 aliphatic rings. The molecule has 24 heavy (non-hydrogen) atoms. The number of nitrogens with zero attached hydrogens (tertiary/aromatic N) is 1. The first-order valence-electron chi connectivity index (χ1n) is 7.58. The quantitative estimate of drug-likeness (QED) is 0.765. The Morgan fingerprint density at radius 2 is 1.96 bits per heavy atom. The lowest BCUT2D eigenvalue weighted by Crippen LogP contribution is -2.28. The van der Waals surface area contributed by atoms with Gasteiger partial charge in [-0.15, -0.1) is 11.3 Å². The van der Waals surface area contributed by atoms with Crippen molar-refractivity contribution < 1.29 is 9.53 Å². The maximum Gasteiger partial charge on any atom is 0.253 e. The summed E-state index contributed by atoms with van der Waals surface area (Å²) in [7, 11) is 1.55. The normalized spacial score (nSPS) is 11.8. The molecule has 4 nitrogen and oxygen atoms in total. The molecular formula is C19H18N2O2S. The van der Waals surface area contributed by atoms with Crippen LogP contribution >= 0.6 is 11.3 Å². The Balaban J connectivity index is 1.86. The molecule has 0 aliphatic heterocycles. The van der Waals surface area contributed by atoms with E-state index in [1.54, 1.807) is 30.6 Å². The van der Waals surface area contributed by atoms with Crippen LogP contribution in [0.1, 0.15) is 32.4 Å². The molecule has 1 amide bonds. The predicted molar refractivity (Wildman–Crippen MR) is 95.6 cm³/mol. The third-order valence-electron chi connectivity index (χ3n) is 3.72. The van der Waals surface area contributed by atoms with E-state index < -0.39 is 0 Å². The van der Waals surface area contributed by atoms with Gasteiger partial charge < -0.3 is 10.1 Å². The minimum atomic E-state index is -0.180. The summed E-state index contributed by atoms with van der Waals surface area (Å²) in [4.78, 5) is 17.8. The molecule has 2 aromatic heterocycles. The molecule has 3 aromatic rings. The van der Waals surface area contributed by atoms with Crippen molar-refractivity contribution >= 4 is 17.2 Å². The number of ether oxygens (including phenoxy) is 1. The van der Waals surface area contributed by atoms with Crippen molar-refractivity contribution in [2.45, 2.75) is 13.0 Å². The van der Waals surface area contributed by atoms with Crippen molar-refractivity contribution in [3.05, 3.63) is 81.7 Å². The first kappa shape index (κ1) is 16.2. The number of amides is 1. The van der Waals surface area contributed by atoms with Crippen LogP contribution in [0, 0.1) is 6.92 Å². The number of aryl methyl sites for hydroxylation is 1. The van der Waals surface area contributed by atoms with Crippen LogP contribution in [-0.2, 0) is 0 Å². The summed E-state index contributed by atoms with van der Waals surface area (Å²) in [5, 5.41) is 5.11. The number of rotatable bonds is 5. The number of carbonyl (C=O) groups excluding carboxylic acids is 1. The molecule has 0 radical (unpaired) electrons. The van der Waals surface area contributed by atoms with Crippen molar-refractivity contribution in [3.63, 3.8) is 0 Å². The fourth-order valence-corrected chi connectivity index (χ4v) is 3.19. The smallest absolute Gasteiger partial charge is 0.253 e.